The topological polar surface area (TPSA) is 125 Å². The molecule has 0 aromatic carbocycles. The number of anilines is 1. The molecular weight excluding hydrogens is 383 g/mol. The van der Waals surface area contributed by atoms with Crippen LogP contribution in [-0.4, -0.2) is 37.5 Å². The fourth-order valence-electron chi connectivity index (χ4n) is 1.47. The molecule has 1 aromatic heterocycles. The van der Waals surface area contributed by atoms with Crippen molar-refractivity contribution in [2.24, 2.45) is 0 Å². The second-order valence-electron chi connectivity index (χ2n) is 4.56. The van der Waals surface area contributed by atoms with E-state index in [0.29, 0.717) is 6.54 Å². The van der Waals surface area contributed by atoms with Gasteiger partial charge in [0.25, 0.3) is 11.1 Å². The van der Waals surface area contributed by atoms with Crippen LogP contribution in [0.2, 0.25) is 15.2 Å². The highest BCUT2D eigenvalue weighted by Gasteiger charge is 2.27. The first-order chi connectivity index (χ1) is 11.3. The summed E-state index contributed by atoms with van der Waals surface area (Å²) in [5.74, 6) is -1.94. The lowest BCUT2D eigenvalue weighted by molar-refractivity contribution is -0.380. The Kier molecular flexibility index (Phi) is 8.03. The van der Waals surface area contributed by atoms with E-state index in [2.05, 4.69) is 15.6 Å². The zero-order valence-electron chi connectivity index (χ0n) is 12.7. The van der Waals surface area contributed by atoms with E-state index in [1.807, 2.05) is 6.92 Å². The maximum Gasteiger partial charge on any atom is 0.405 e. The SMILES string of the molecule is CCCNC(=O)CNC(=O)COC(=O)c1[nH+]c(Cl)c(Cl)c(N)c1Cl. The minimum Gasteiger partial charge on any atom is -0.448 e. The molecule has 1 rings (SSSR count). The predicted molar refractivity (Wildman–Crippen MR) is 89.0 cm³/mol. The molecule has 0 fully saturated rings. The Balaban J connectivity index is 2.55. The number of aromatic amines is 1. The van der Waals surface area contributed by atoms with Crippen molar-refractivity contribution in [1.82, 2.24) is 10.6 Å². The first-order valence-electron chi connectivity index (χ1n) is 6.83. The van der Waals surface area contributed by atoms with E-state index in [1.165, 1.54) is 0 Å². The van der Waals surface area contributed by atoms with Gasteiger partial charge in [0, 0.05) is 6.54 Å². The van der Waals surface area contributed by atoms with Gasteiger partial charge in [-0.05, 0) is 18.0 Å². The van der Waals surface area contributed by atoms with Crippen molar-refractivity contribution in [3.05, 3.63) is 20.9 Å². The Morgan fingerprint density at radius 1 is 1.12 bits per heavy atom. The number of halogens is 3. The zero-order chi connectivity index (χ0) is 18.3. The summed E-state index contributed by atoms with van der Waals surface area (Å²) in [6, 6.07) is 0. The number of hydrogen-bond acceptors (Lipinski definition) is 5. The van der Waals surface area contributed by atoms with Gasteiger partial charge in [-0.25, -0.2) is 4.79 Å². The number of hydrogen-bond donors (Lipinski definition) is 3. The van der Waals surface area contributed by atoms with E-state index < -0.39 is 18.5 Å². The Bertz CT molecular complexity index is 655. The predicted octanol–water partition coefficient (Wildman–Crippen LogP) is 0.842. The second-order valence-corrected chi connectivity index (χ2v) is 5.69. The highest BCUT2D eigenvalue weighted by atomic mass is 35.5. The van der Waals surface area contributed by atoms with E-state index in [1.54, 1.807) is 0 Å². The largest absolute Gasteiger partial charge is 0.448 e. The molecule has 0 aliphatic heterocycles. The summed E-state index contributed by atoms with van der Waals surface area (Å²) in [6.45, 7) is 1.58. The molecule has 0 saturated heterocycles. The number of nitrogen functional groups attached to an aromatic ring is 1. The van der Waals surface area contributed by atoms with Gasteiger partial charge < -0.3 is 21.1 Å². The molecule has 0 atom stereocenters. The Hall–Kier alpha value is -1.77. The first kappa shape index (κ1) is 20.3. The molecule has 0 radical (unpaired) electrons. The fourth-order valence-corrected chi connectivity index (χ4v) is 2.07. The third kappa shape index (κ3) is 5.70. The molecule has 11 heteroatoms. The fraction of sp³-hybridized carbons (Fsp3) is 0.385. The molecule has 2 amide bonds. The van der Waals surface area contributed by atoms with Crippen molar-refractivity contribution in [3.8, 4) is 0 Å². The van der Waals surface area contributed by atoms with E-state index in [9.17, 15) is 14.4 Å². The number of esters is 1. The van der Waals surface area contributed by atoms with Crippen molar-refractivity contribution < 1.29 is 24.1 Å². The maximum absolute atomic E-state index is 11.9. The molecule has 24 heavy (non-hydrogen) atoms. The normalized spacial score (nSPS) is 10.2. The summed E-state index contributed by atoms with van der Waals surface area (Å²) in [6.07, 6.45) is 0.779. The molecule has 0 aliphatic carbocycles. The van der Waals surface area contributed by atoms with Crippen LogP contribution in [0.1, 0.15) is 23.8 Å². The number of carbonyl (C=O) groups excluding carboxylic acids is 3. The molecule has 0 unspecified atom stereocenters. The average molecular weight is 399 g/mol. The second kappa shape index (κ2) is 9.51. The van der Waals surface area contributed by atoms with Gasteiger partial charge in [0.1, 0.15) is 10.0 Å². The van der Waals surface area contributed by atoms with Gasteiger partial charge in [0.15, 0.2) is 6.61 Å². The van der Waals surface area contributed by atoms with Gasteiger partial charge in [0.2, 0.25) is 5.91 Å². The van der Waals surface area contributed by atoms with Crippen molar-refractivity contribution in [2.75, 3.05) is 25.4 Å². The molecule has 0 bridgehead atoms. The van der Waals surface area contributed by atoms with Gasteiger partial charge in [-0.15, -0.1) is 0 Å². The molecule has 0 aliphatic rings. The number of H-pyrrole nitrogens is 1. The standard InChI is InChI=1S/C13H15Cl3N4O4/c1-2-3-18-6(21)4-19-7(22)5-24-13(23)11-8(14)10(17)9(15)12(16)20-11/h2-5H2,1H3,(H2,17,20)(H,18,21)(H,19,22)/p+1. The highest BCUT2D eigenvalue weighted by molar-refractivity contribution is 6.45. The van der Waals surface area contributed by atoms with Crippen molar-refractivity contribution in [2.45, 2.75) is 13.3 Å². The summed E-state index contributed by atoms with van der Waals surface area (Å²) in [5.41, 5.74) is 5.27. The Labute approximate surface area is 153 Å². The number of rotatable bonds is 7. The minimum atomic E-state index is -0.948. The molecule has 8 nitrogen and oxygen atoms in total. The van der Waals surface area contributed by atoms with Crippen LogP contribution in [-0.2, 0) is 14.3 Å². The summed E-state index contributed by atoms with van der Waals surface area (Å²) in [5, 5.41) is 4.58. The van der Waals surface area contributed by atoms with Crippen LogP contribution >= 0.6 is 34.8 Å². The van der Waals surface area contributed by atoms with E-state index in [4.69, 9.17) is 45.3 Å². The van der Waals surface area contributed by atoms with Crippen molar-refractivity contribution >= 4 is 58.3 Å². The minimum absolute atomic E-state index is 0.0333. The van der Waals surface area contributed by atoms with Crippen LogP contribution in [0, 0.1) is 0 Å². The molecule has 0 spiro atoms. The lowest BCUT2D eigenvalue weighted by Crippen LogP contribution is -2.39. The Morgan fingerprint density at radius 3 is 2.42 bits per heavy atom. The van der Waals surface area contributed by atoms with E-state index in [0.717, 1.165) is 6.42 Å². The molecule has 1 aromatic rings. The number of nitrogens with one attached hydrogen (secondary N) is 3. The van der Waals surface area contributed by atoms with Crippen LogP contribution in [0.4, 0.5) is 5.69 Å². The zero-order valence-corrected chi connectivity index (χ0v) is 14.9. The Morgan fingerprint density at radius 2 is 1.79 bits per heavy atom. The summed E-state index contributed by atoms with van der Waals surface area (Å²) >= 11 is 17.4. The highest BCUT2D eigenvalue weighted by Crippen LogP contribution is 2.32. The number of ether oxygens (including phenoxy) is 1. The van der Waals surface area contributed by atoms with Gasteiger partial charge >= 0.3 is 11.7 Å². The number of pyridine rings is 1. The van der Waals surface area contributed by atoms with Gasteiger partial charge in [-0.2, -0.15) is 4.98 Å². The monoisotopic (exact) mass is 397 g/mol. The smallest absolute Gasteiger partial charge is 0.405 e. The van der Waals surface area contributed by atoms with Crippen LogP contribution in [0.25, 0.3) is 0 Å². The van der Waals surface area contributed by atoms with Gasteiger partial charge in [0.05, 0.1) is 12.2 Å². The first-order valence-corrected chi connectivity index (χ1v) is 7.97. The van der Waals surface area contributed by atoms with Crippen molar-refractivity contribution in [1.29, 1.82) is 0 Å². The number of carbonyl (C=O) groups is 3. The van der Waals surface area contributed by atoms with Crippen molar-refractivity contribution in [3.63, 3.8) is 0 Å². The maximum atomic E-state index is 11.9. The lowest BCUT2D eigenvalue weighted by atomic mass is 10.3. The van der Waals surface area contributed by atoms with E-state index in [-0.39, 0.29) is 39.0 Å². The third-order valence-electron chi connectivity index (χ3n) is 2.68. The summed E-state index contributed by atoms with van der Waals surface area (Å²) < 4.78 is 4.78. The quantitative estimate of drug-likeness (QED) is 0.464. The number of nitrogens with two attached hydrogens (primary N) is 1. The molecule has 0 saturated carbocycles. The van der Waals surface area contributed by atoms with Crippen LogP contribution in [0.15, 0.2) is 0 Å². The van der Waals surface area contributed by atoms with Crippen LogP contribution in [0.3, 0.4) is 0 Å². The molecule has 5 N–H and O–H groups in total. The third-order valence-corrected chi connectivity index (χ3v) is 3.84. The molecule has 132 valence electrons. The molecule has 1 heterocycles. The number of amides is 2. The summed E-state index contributed by atoms with van der Waals surface area (Å²) in [7, 11) is 0. The average Bonchev–Trinajstić information content (AvgIpc) is 2.57. The van der Waals surface area contributed by atoms with Crippen LogP contribution < -0.4 is 21.4 Å². The van der Waals surface area contributed by atoms with Crippen LogP contribution in [0.5, 0.6) is 0 Å². The van der Waals surface area contributed by atoms with E-state index >= 15 is 0 Å². The lowest BCUT2D eigenvalue weighted by Gasteiger charge is -2.07. The molecular formula is C13H16Cl3N4O4+. The summed E-state index contributed by atoms with van der Waals surface area (Å²) in [4.78, 5) is 37.2. The van der Waals surface area contributed by atoms with Gasteiger partial charge in [-0.1, -0.05) is 30.1 Å². The van der Waals surface area contributed by atoms with Gasteiger partial charge in [-0.3, -0.25) is 9.59 Å². The number of aromatic nitrogens is 1.